The minimum atomic E-state index is -2.21. The number of nitrogens with zero attached hydrogens (tertiary/aromatic N) is 3. The number of aromatic carboxylic acids is 1. The number of carboxylic acids is 1. The topological polar surface area (TPSA) is 115 Å². The van der Waals surface area contributed by atoms with Crippen LogP contribution in [-0.2, 0) is 11.2 Å². The molecule has 11 heteroatoms. The van der Waals surface area contributed by atoms with Gasteiger partial charge in [0.05, 0.1) is 0 Å². The lowest BCUT2D eigenvalue weighted by molar-refractivity contribution is -0.462. The van der Waals surface area contributed by atoms with Gasteiger partial charge in [0, 0.05) is 56.1 Å². The molecular formula is C32H36N3O6SSi+. The number of anilines is 1. The maximum absolute atomic E-state index is 12.6. The summed E-state index contributed by atoms with van der Waals surface area (Å²) in [6.07, 6.45) is 7.29. The van der Waals surface area contributed by atoms with Gasteiger partial charge >= 0.3 is 11.9 Å². The lowest BCUT2D eigenvalue weighted by atomic mass is 9.86. The third kappa shape index (κ3) is 5.45. The van der Waals surface area contributed by atoms with E-state index in [1.165, 1.54) is 33.9 Å². The number of rotatable bonds is 8. The number of carboxylic acid groups (broad SMARTS) is 1. The highest BCUT2D eigenvalue weighted by Gasteiger charge is 2.41. The molecule has 0 amide bonds. The highest BCUT2D eigenvalue weighted by atomic mass is 32.1. The minimum absolute atomic E-state index is 0.00952. The van der Waals surface area contributed by atoms with Crippen molar-refractivity contribution in [2.24, 2.45) is 0 Å². The summed E-state index contributed by atoms with van der Waals surface area (Å²) < 4.78 is 2.75. The van der Waals surface area contributed by atoms with E-state index in [1.54, 1.807) is 0 Å². The van der Waals surface area contributed by atoms with Crippen molar-refractivity contribution in [3.8, 4) is 11.8 Å². The molecule has 0 unspecified atom stereocenters. The zero-order chi connectivity index (χ0) is 31.2. The highest BCUT2D eigenvalue weighted by molar-refractivity contribution is 7.12. The van der Waals surface area contributed by atoms with Crippen LogP contribution in [0.2, 0.25) is 13.1 Å². The van der Waals surface area contributed by atoms with Crippen LogP contribution in [0.4, 0.5) is 5.69 Å². The zero-order valence-electron chi connectivity index (χ0n) is 25.1. The number of benzene rings is 1. The molecule has 1 aliphatic heterocycles. The predicted octanol–water partition coefficient (Wildman–Crippen LogP) is 4.18. The summed E-state index contributed by atoms with van der Waals surface area (Å²) in [5.41, 5.74) is 6.73. The van der Waals surface area contributed by atoms with Gasteiger partial charge in [0.2, 0.25) is 11.8 Å². The van der Waals surface area contributed by atoms with Crippen molar-refractivity contribution in [3.05, 3.63) is 86.3 Å². The Balaban J connectivity index is 1.60. The average molecular weight is 619 g/mol. The van der Waals surface area contributed by atoms with E-state index in [1.807, 2.05) is 33.6 Å². The number of carbonyl (C=O) groups excluding carboxylic acids is 1. The monoisotopic (exact) mass is 618 g/mol. The summed E-state index contributed by atoms with van der Waals surface area (Å²) in [5.74, 6) is -2.39. The number of aromatic nitrogens is 1. The van der Waals surface area contributed by atoms with Gasteiger partial charge in [-0.1, -0.05) is 19.2 Å². The number of hydrogen-bond acceptors (Lipinski definition) is 7. The van der Waals surface area contributed by atoms with Crippen LogP contribution in [0.15, 0.2) is 64.7 Å². The first-order valence-corrected chi connectivity index (χ1v) is 17.9. The van der Waals surface area contributed by atoms with E-state index in [0.717, 1.165) is 33.7 Å². The summed E-state index contributed by atoms with van der Waals surface area (Å²) in [6, 6.07) is 8.90. The summed E-state index contributed by atoms with van der Waals surface area (Å²) in [6.45, 7) is 4.69. The lowest BCUT2D eigenvalue weighted by Gasteiger charge is -2.38. The predicted molar refractivity (Wildman–Crippen MR) is 172 cm³/mol. The first kappa shape index (κ1) is 30.1. The molecule has 3 heterocycles. The largest absolute Gasteiger partial charge is 0.492 e. The summed E-state index contributed by atoms with van der Waals surface area (Å²) in [5, 5.41) is 34.2. The fraction of sp³-hybridized carbons (Fsp3) is 0.281. The van der Waals surface area contributed by atoms with Crippen molar-refractivity contribution in [1.29, 1.82) is 0 Å². The van der Waals surface area contributed by atoms with Gasteiger partial charge in [0.1, 0.15) is 27.0 Å². The van der Waals surface area contributed by atoms with Crippen LogP contribution in [0, 0.1) is 0 Å². The fourth-order valence-electron chi connectivity index (χ4n) is 5.73. The smallest absolute Gasteiger partial charge is 0.346 e. The van der Waals surface area contributed by atoms with Gasteiger partial charge in [-0.3, -0.25) is 0 Å². The van der Waals surface area contributed by atoms with E-state index in [4.69, 9.17) is 4.84 Å². The first-order valence-electron chi connectivity index (χ1n) is 14.0. The quantitative estimate of drug-likeness (QED) is 0.256. The van der Waals surface area contributed by atoms with Crippen LogP contribution in [0.25, 0.3) is 5.57 Å². The third-order valence-electron chi connectivity index (χ3n) is 8.05. The van der Waals surface area contributed by atoms with Gasteiger partial charge in [-0.25, -0.2) is 14.2 Å². The van der Waals surface area contributed by atoms with Crippen molar-refractivity contribution in [1.82, 2.24) is 4.73 Å². The van der Waals surface area contributed by atoms with Gasteiger partial charge in [-0.05, 0) is 69.1 Å². The van der Waals surface area contributed by atoms with Crippen LogP contribution in [0.1, 0.15) is 39.2 Å². The van der Waals surface area contributed by atoms with Crippen molar-refractivity contribution in [2.75, 3.05) is 33.1 Å². The summed E-state index contributed by atoms with van der Waals surface area (Å²) in [4.78, 5) is 32.6. The Labute approximate surface area is 255 Å². The molecule has 224 valence electrons. The molecule has 3 aromatic rings. The number of thiophene rings is 1. The van der Waals surface area contributed by atoms with Crippen molar-refractivity contribution in [2.45, 2.75) is 32.4 Å². The number of fused-ring (bicyclic) bond motifs is 2. The molecule has 9 nitrogen and oxygen atoms in total. The Hall–Kier alpha value is -4.35. The van der Waals surface area contributed by atoms with E-state index < -0.39 is 20.0 Å². The van der Waals surface area contributed by atoms with E-state index in [2.05, 4.69) is 59.0 Å². The van der Waals surface area contributed by atoms with E-state index in [0.29, 0.717) is 23.1 Å². The number of aromatic hydroxyl groups is 2. The Kier molecular flexibility index (Phi) is 7.97. The van der Waals surface area contributed by atoms with Crippen LogP contribution in [-0.4, -0.2) is 78.5 Å². The molecule has 0 bridgehead atoms. The van der Waals surface area contributed by atoms with Crippen LogP contribution < -0.4 is 14.9 Å². The van der Waals surface area contributed by atoms with Gasteiger partial charge in [0.15, 0.2) is 5.71 Å². The van der Waals surface area contributed by atoms with Crippen LogP contribution in [0.3, 0.4) is 0 Å². The maximum atomic E-state index is 12.6. The Bertz CT molecular complexity index is 1750. The molecule has 2 aliphatic rings. The first-order chi connectivity index (χ1) is 20.3. The van der Waals surface area contributed by atoms with Crippen LogP contribution >= 0.6 is 11.3 Å². The number of hydrogen-bond donors (Lipinski definition) is 3. The van der Waals surface area contributed by atoms with Crippen molar-refractivity contribution < 1.29 is 34.3 Å². The Morgan fingerprint density at radius 2 is 1.77 bits per heavy atom. The lowest BCUT2D eigenvalue weighted by Crippen LogP contribution is -2.49. The second-order valence-corrected chi connectivity index (χ2v) is 16.9. The van der Waals surface area contributed by atoms with Gasteiger partial charge in [-0.2, -0.15) is 0 Å². The molecule has 0 atom stereocenters. The summed E-state index contributed by atoms with van der Waals surface area (Å²) >= 11 is 1.20. The van der Waals surface area contributed by atoms with Crippen molar-refractivity contribution in [3.63, 3.8) is 0 Å². The second-order valence-electron chi connectivity index (χ2n) is 11.7. The molecule has 0 fully saturated rings. The second kappa shape index (κ2) is 11.4. The molecule has 2 aromatic heterocycles. The van der Waals surface area contributed by atoms with Gasteiger partial charge < -0.3 is 25.1 Å². The van der Waals surface area contributed by atoms with Crippen LogP contribution in [0.5, 0.6) is 11.8 Å². The zero-order valence-corrected chi connectivity index (χ0v) is 27.0. The molecule has 43 heavy (non-hydrogen) atoms. The Morgan fingerprint density at radius 3 is 2.40 bits per heavy atom. The molecule has 0 spiro atoms. The standard InChI is InChI=1S/C32H35N3O6SSi/c1-33(2)20-10-12-22-24(16-20)43(5,6)25-17-21(34(3)4)11-13-23(25)30(22)29-19(18-42-31(29)32(39)40)8-7-9-28(38)41-35-26(36)14-15-27(35)37/h10-18H,7-9H2,1-6H3,(H2-,36,37,39,40)/p+1. The number of allylic oxidation sites excluding steroid dienone is 5. The Morgan fingerprint density at radius 1 is 1.07 bits per heavy atom. The molecule has 1 aliphatic carbocycles. The fourth-order valence-corrected chi connectivity index (χ4v) is 9.74. The normalized spacial score (nSPS) is 15.1. The molecule has 0 radical (unpaired) electrons. The summed E-state index contributed by atoms with van der Waals surface area (Å²) in [7, 11) is 5.87. The highest BCUT2D eigenvalue weighted by Crippen LogP contribution is 2.45. The average Bonchev–Trinajstić information content (AvgIpc) is 3.51. The minimum Gasteiger partial charge on any atom is -0.492 e. The van der Waals surface area contributed by atoms with Gasteiger partial charge in [0.25, 0.3) is 0 Å². The molecule has 0 saturated heterocycles. The SMILES string of the molecule is CN(C)c1ccc2c(c1)[Si](C)(C)C1=CC(=[N+](C)C)C=CC1=C2c1c(CCCC(=O)On2c(O)ccc2O)csc1C(=O)O. The molecule has 0 saturated carbocycles. The molecule has 3 N–H and O–H groups in total. The van der Waals surface area contributed by atoms with E-state index in [-0.39, 0.29) is 23.1 Å². The van der Waals surface area contributed by atoms with Gasteiger partial charge in [-0.15, -0.1) is 16.1 Å². The van der Waals surface area contributed by atoms with E-state index >= 15 is 0 Å². The van der Waals surface area contributed by atoms with Crippen molar-refractivity contribution >= 4 is 53.5 Å². The number of carbonyl (C=O) groups is 2. The number of aryl methyl sites for hydroxylation is 1. The van der Waals surface area contributed by atoms with E-state index in [9.17, 15) is 24.9 Å². The molecular weight excluding hydrogens is 583 g/mol. The maximum Gasteiger partial charge on any atom is 0.346 e. The molecule has 5 rings (SSSR count). The third-order valence-corrected chi connectivity index (χ3v) is 12.6. The molecule has 1 aromatic carbocycles.